The van der Waals surface area contributed by atoms with E-state index in [-0.39, 0.29) is 30.6 Å². The first kappa shape index (κ1) is 27.5. The van der Waals surface area contributed by atoms with Gasteiger partial charge in [0.15, 0.2) is 0 Å². The molecule has 0 atom stereocenters. The molecule has 0 bridgehead atoms. The van der Waals surface area contributed by atoms with Crippen LogP contribution in [-0.2, 0) is 4.79 Å². The number of nitrogens with zero attached hydrogens (tertiary/aromatic N) is 2. The summed E-state index contributed by atoms with van der Waals surface area (Å²) in [6.07, 6.45) is 0.0451. The van der Waals surface area contributed by atoms with Crippen LogP contribution in [0.4, 0.5) is 5.69 Å². The van der Waals surface area contributed by atoms with Gasteiger partial charge in [-0.25, -0.2) is 9.98 Å². The lowest BCUT2D eigenvalue weighted by Crippen LogP contribution is -2.26. The molecule has 0 saturated heterocycles. The smallest absolute Gasteiger partial charge is 0.256 e. The topological polar surface area (TPSA) is 127 Å². The molecule has 1 heterocycles. The number of anilines is 1. The van der Waals surface area contributed by atoms with Gasteiger partial charge in [0, 0.05) is 40.2 Å². The lowest BCUT2D eigenvalue weighted by Gasteiger charge is -2.14. The van der Waals surface area contributed by atoms with Crippen LogP contribution < -0.4 is 16.4 Å². The van der Waals surface area contributed by atoms with Gasteiger partial charge in [0.2, 0.25) is 5.91 Å². The molecule has 9 heteroatoms. The summed E-state index contributed by atoms with van der Waals surface area (Å²) in [4.78, 5) is 46.0. The number of fused-ring (bicyclic) bond motifs is 1. The molecule has 0 aliphatic carbocycles. The summed E-state index contributed by atoms with van der Waals surface area (Å²) in [5.74, 6) is -0.883. The predicted octanol–water partition coefficient (Wildman–Crippen LogP) is 5.45. The van der Waals surface area contributed by atoms with E-state index >= 15 is 0 Å². The van der Waals surface area contributed by atoms with E-state index in [1.807, 2.05) is 44.2 Å². The third kappa shape index (κ3) is 6.66. The number of hydrogen-bond acceptors (Lipinski definition) is 4. The second-order valence-electron chi connectivity index (χ2n) is 9.20. The first-order valence-corrected chi connectivity index (χ1v) is 12.7. The molecule has 4 rings (SSSR count). The minimum atomic E-state index is -0.403. The maximum Gasteiger partial charge on any atom is 0.256 e. The van der Waals surface area contributed by atoms with E-state index in [9.17, 15) is 14.4 Å². The molecule has 0 saturated carbocycles. The molecular formula is C30H28ClN5O3. The van der Waals surface area contributed by atoms with Crippen molar-refractivity contribution >= 4 is 51.7 Å². The number of aromatic nitrogens is 1. The minimum absolute atomic E-state index is 0.0451. The van der Waals surface area contributed by atoms with Gasteiger partial charge in [-0.15, -0.1) is 0 Å². The third-order valence-corrected chi connectivity index (χ3v) is 6.30. The Kier molecular flexibility index (Phi) is 8.36. The summed E-state index contributed by atoms with van der Waals surface area (Å²) >= 11 is 6.44. The summed E-state index contributed by atoms with van der Waals surface area (Å²) < 4.78 is 0. The zero-order chi connectivity index (χ0) is 28.1. The number of carbonyl (C=O) groups is 3. The van der Waals surface area contributed by atoms with Crippen LogP contribution in [0.5, 0.6) is 0 Å². The zero-order valence-electron chi connectivity index (χ0n) is 21.8. The number of aryl methyl sites for hydroxylation is 2. The number of amidine groups is 1. The van der Waals surface area contributed by atoms with Crippen molar-refractivity contribution < 1.29 is 14.4 Å². The van der Waals surface area contributed by atoms with Gasteiger partial charge >= 0.3 is 0 Å². The van der Waals surface area contributed by atoms with Gasteiger partial charge in [-0.3, -0.25) is 14.4 Å². The van der Waals surface area contributed by atoms with Crippen LogP contribution in [0.25, 0.3) is 22.2 Å². The SMILES string of the molecule is CC(N)=NC(=O)CCNC(=O)c1ccc(NC(=O)c2cc(-c3ccccc3Cl)nc3c(C)cc(C)cc23)cc1. The van der Waals surface area contributed by atoms with Crippen molar-refractivity contribution in [3.8, 4) is 11.3 Å². The number of benzene rings is 3. The molecule has 4 N–H and O–H groups in total. The van der Waals surface area contributed by atoms with Crippen molar-refractivity contribution in [3.05, 3.63) is 94.0 Å². The Morgan fingerprint density at radius 1 is 0.974 bits per heavy atom. The summed E-state index contributed by atoms with van der Waals surface area (Å²) in [6, 6.07) is 19.6. The fraction of sp³-hybridized carbons (Fsp3) is 0.167. The van der Waals surface area contributed by atoms with E-state index in [0.717, 1.165) is 27.6 Å². The van der Waals surface area contributed by atoms with Crippen molar-refractivity contribution in [2.75, 3.05) is 11.9 Å². The number of hydrogen-bond donors (Lipinski definition) is 3. The standard InChI is InChI=1S/C30H28ClN5O3/c1-17-14-18(2)28-23(15-17)24(16-26(36-28)22-6-4-5-7-25(22)31)30(39)35-21-10-8-20(9-11-21)29(38)33-13-12-27(37)34-19(3)32/h4-11,14-16H,12-13H2,1-3H3,(H,33,38)(H,35,39)(H2,32,34,37). The van der Waals surface area contributed by atoms with Crippen LogP contribution in [0.2, 0.25) is 5.02 Å². The van der Waals surface area contributed by atoms with E-state index in [1.54, 1.807) is 36.4 Å². The van der Waals surface area contributed by atoms with Crippen LogP contribution in [0.1, 0.15) is 45.2 Å². The highest BCUT2D eigenvalue weighted by Gasteiger charge is 2.17. The molecule has 0 aliphatic heterocycles. The van der Waals surface area contributed by atoms with E-state index in [4.69, 9.17) is 22.3 Å². The van der Waals surface area contributed by atoms with Crippen LogP contribution in [0.3, 0.4) is 0 Å². The summed E-state index contributed by atoms with van der Waals surface area (Å²) in [5, 5.41) is 6.87. The maximum absolute atomic E-state index is 13.5. The Hall–Kier alpha value is -4.56. The van der Waals surface area contributed by atoms with Crippen LogP contribution in [-0.4, -0.2) is 35.1 Å². The molecule has 198 valence electrons. The molecule has 0 radical (unpaired) electrons. The Balaban J connectivity index is 1.56. The Morgan fingerprint density at radius 3 is 2.38 bits per heavy atom. The van der Waals surface area contributed by atoms with Crippen molar-refractivity contribution in [1.82, 2.24) is 10.3 Å². The summed E-state index contributed by atoms with van der Waals surface area (Å²) in [7, 11) is 0. The van der Waals surface area contributed by atoms with Crippen LogP contribution in [0, 0.1) is 13.8 Å². The van der Waals surface area contributed by atoms with Crippen molar-refractivity contribution in [3.63, 3.8) is 0 Å². The molecule has 0 unspecified atom stereocenters. The molecule has 3 amide bonds. The molecule has 0 spiro atoms. The molecule has 4 aromatic rings. The quantitative estimate of drug-likeness (QED) is 0.212. The van der Waals surface area contributed by atoms with E-state index in [1.165, 1.54) is 6.92 Å². The molecular weight excluding hydrogens is 514 g/mol. The number of halogens is 1. The second-order valence-corrected chi connectivity index (χ2v) is 9.60. The van der Waals surface area contributed by atoms with Gasteiger partial charge in [0.1, 0.15) is 0 Å². The van der Waals surface area contributed by atoms with Gasteiger partial charge in [0.05, 0.1) is 22.6 Å². The van der Waals surface area contributed by atoms with Gasteiger partial charge < -0.3 is 16.4 Å². The van der Waals surface area contributed by atoms with Crippen molar-refractivity contribution in [2.45, 2.75) is 27.2 Å². The predicted molar refractivity (Wildman–Crippen MR) is 155 cm³/mol. The number of carbonyl (C=O) groups excluding carboxylic acids is 3. The number of nitrogens with two attached hydrogens (primary N) is 1. The molecule has 39 heavy (non-hydrogen) atoms. The molecule has 0 aliphatic rings. The lowest BCUT2D eigenvalue weighted by molar-refractivity contribution is -0.117. The fourth-order valence-corrected chi connectivity index (χ4v) is 4.45. The van der Waals surface area contributed by atoms with Crippen molar-refractivity contribution in [2.24, 2.45) is 10.7 Å². The third-order valence-electron chi connectivity index (χ3n) is 5.97. The fourth-order valence-electron chi connectivity index (χ4n) is 4.22. The molecule has 8 nitrogen and oxygen atoms in total. The largest absolute Gasteiger partial charge is 0.387 e. The highest BCUT2D eigenvalue weighted by molar-refractivity contribution is 6.33. The maximum atomic E-state index is 13.5. The van der Waals surface area contributed by atoms with E-state index in [2.05, 4.69) is 15.6 Å². The van der Waals surface area contributed by atoms with Gasteiger partial charge in [-0.2, -0.15) is 0 Å². The Labute approximate surface area is 231 Å². The average molecular weight is 542 g/mol. The minimum Gasteiger partial charge on any atom is -0.387 e. The Morgan fingerprint density at radius 2 is 1.69 bits per heavy atom. The first-order chi connectivity index (χ1) is 18.6. The number of pyridine rings is 1. The highest BCUT2D eigenvalue weighted by Crippen LogP contribution is 2.32. The number of aliphatic imine (C=N–C) groups is 1. The monoisotopic (exact) mass is 541 g/mol. The first-order valence-electron chi connectivity index (χ1n) is 12.3. The zero-order valence-corrected chi connectivity index (χ0v) is 22.6. The number of rotatable bonds is 7. The van der Waals surface area contributed by atoms with E-state index in [0.29, 0.717) is 27.5 Å². The molecule has 1 aromatic heterocycles. The average Bonchev–Trinajstić information content (AvgIpc) is 2.88. The van der Waals surface area contributed by atoms with Crippen molar-refractivity contribution in [1.29, 1.82) is 0 Å². The van der Waals surface area contributed by atoms with E-state index < -0.39 is 5.91 Å². The lowest BCUT2D eigenvalue weighted by atomic mass is 9.99. The molecule has 3 aromatic carbocycles. The van der Waals surface area contributed by atoms with Gasteiger partial charge in [0.25, 0.3) is 11.8 Å². The van der Waals surface area contributed by atoms with Crippen LogP contribution in [0.15, 0.2) is 71.7 Å². The Bertz CT molecular complexity index is 1610. The van der Waals surface area contributed by atoms with Gasteiger partial charge in [-0.05, 0) is 68.8 Å². The summed E-state index contributed by atoms with van der Waals surface area (Å²) in [6.45, 7) is 5.59. The number of nitrogens with one attached hydrogen (secondary N) is 2. The highest BCUT2D eigenvalue weighted by atomic mass is 35.5. The summed E-state index contributed by atoms with van der Waals surface area (Å²) in [5.41, 5.74) is 10.8. The second kappa shape index (κ2) is 11.9. The number of amides is 3. The normalized spacial score (nSPS) is 11.3. The van der Waals surface area contributed by atoms with Crippen LogP contribution >= 0.6 is 11.6 Å². The van der Waals surface area contributed by atoms with Gasteiger partial charge in [-0.1, -0.05) is 41.4 Å². The molecule has 0 fully saturated rings.